The lowest BCUT2D eigenvalue weighted by atomic mass is 9.65. The third-order valence-corrected chi connectivity index (χ3v) is 5.58. The van der Waals surface area contributed by atoms with Crippen LogP contribution in [0.15, 0.2) is 23.4 Å². The number of likely N-dealkylation sites (N-methyl/N-ethyl adjacent to an activating group) is 1. The molecule has 0 bridgehead atoms. The van der Waals surface area contributed by atoms with Crippen molar-refractivity contribution in [3.05, 3.63) is 23.8 Å². The molecule has 2 unspecified atom stereocenters. The molecule has 6 heteroatoms. The molecule has 24 heavy (non-hydrogen) atoms. The second kappa shape index (κ2) is 6.99. The van der Waals surface area contributed by atoms with Gasteiger partial charge in [0.2, 0.25) is 6.79 Å². The van der Waals surface area contributed by atoms with Crippen LogP contribution < -0.4 is 9.47 Å². The van der Waals surface area contributed by atoms with Gasteiger partial charge in [0.25, 0.3) is 0 Å². The molecule has 3 rings (SSSR count). The van der Waals surface area contributed by atoms with Crippen LogP contribution in [0.25, 0.3) is 0 Å². The lowest BCUT2D eigenvalue weighted by Crippen LogP contribution is -2.46. The number of likely N-dealkylation sites (tertiary alicyclic amines) is 1. The number of methoxy groups -OCH3 is 2. The van der Waals surface area contributed by atoms with E-state index in [1.165, 1.54) is 5.56 Å². The molecule has 0 radical (unpaired) electrons. The van der Waals surface area contributed by atoms with Gasteiger partial charge in [-0.3, -0.25) is 0 Å². The van der Waals surface area contributed by atoms with E-state index in [0.717, 1.165) is 49.4 Å². The molecule has 0 aromatic heterocycles. The van der Waals surface area contributed by atoms with E-state index in [1.54, 1.807) is 14.2 Å². The molecule has 2 fully saturated rings. The lowest BCUT2D eigenvalue weighted by Gasteiger charge is -2.42. The molecule has 1 aliphatic carbocycles. The van der Waals surface area contributed by atoms with Gasteiger partial charge in [0.15, 0.2) is 11.5 Å². The number of aliphatic hydroxyl groups excluding tert-OH is 1. The topological polar surface area (TPSA) is 63.5 Å². The summed E-state index contributed by atoms with van der Waals surface area (Å²) in [6.07, 6.45) is 3.90. The van der Waals surface area contributed by atoms with E-state index in [9.17, 15) is 0 Å². The Bertz CT molecular complexity index is 619. The van der Waals surface area contributed by atoms with Crippen LogP contribution in [0.3, 0.4) is 0 Å². The van der Waals surface area contributed by atoms with Crippen LogP contribution in [0.4, 0.5) is 0 Å². The largest absolute Gasteiger partial charge is 0.493 e. The van der Waals surface area contributed by atoms with Gasteiger partial charge in [0.1, 0.15) is 0 Å². The summed E-state index contributed by atoms with van der Waals surface area (Å²) < 4.78 is 10.9. The fraction of sp³-hybridized carbons (Fsp3) is 0.611. The SMILES string of the molecule is COc1ccc(C23CCC(=NOCO)CC2N(C)CC3)cc1OC. The molecule has 1 saturated heterocycles. The molecular formula is C18H26N2O4. The number of ether oxygens (including phenoxy) is 2. The Balaban J connectivity index is 1.94. The summed E-state index contributed by atoms with van der Waals surface area (Å²) in [5.41, 5.74) is 2.43. The molecule has 1 aliphatic heterocycles. The normalized spacial score (nSPS) is 28.7. The number of oxime groups is 1. The van der Waals surface area contributed by atoms with E-state index in [2.05, 4.69) is 29.2 Å². The van der Waals surface area contributed by atoms with Gasteiger partial charge in [-0.2, -0.15) is 0 Å². The fourth-order valence-corrected chi connectivity index (χ4v) is 4.29. The molecule has 0 spiro atoms. The number of rotatable bonds is 5. The van der Waals surface area contributed by atoms with Gasteiger partial charge in [-0.25, -0.2) is 0 Å². The molecule has 2 atom stereocenters. The zero-order valence-electron chi connectivity index (χ0n) is 14.6. The predicted molar refractivity (Wildman–Crippen MR) is 91.7 cm³/mol. The molecule has 1 aromatic carbocycles. The number of nitrogens with zero attached hydrogens (tertiary/aromatic N) is 2. The van der Waals surface area contributed by atoms with Crippen LogP contribution in [0, 0.1) is 0 Å². The van der Waals surface area contributed by atoms with E-state index < -0.39 is 0 Å². The van der Waals surface area contributed by atoms with Crippen LogP contribution in [0.5, 0.6) is 11.5 Å². The van der Waals surface area contributed by atoms with Crippen LogP contribution >= 0.6 is 0 Å². The van der Waals surface area contributed by atoms with E-state index in [1.807, 2.05) is 6.07 Å². The van der Waals surface area contributed by atoms with Gasteiger partial charge in [-0.1, -0.05) is 11.2 Å². The monoisotopic (exact) mass is 334 g/mol. The van der Waals surface area contributed by atoms with Gasteiger partial charge < -0.3 is 24.3 Å². The maximum absolute atomic E-state index is 8.81. The zero-order chi connectivity index (χ0) is 17.2. The van der Waals surface area contributed by atoms with Crippen LogP contribution in [0.2, 0.25) is 0 Å². The molecule has 6 nitrogen and oxygen atoms in total. The molecule has 1 aromatic rings. The van der Waals surface area contributed by atoms with Crippen molar-refractivity contribution >= 4 is 5.71 Å². The van der Waals surface area contributed by atoms with Crippen molar-refractivity contribution in [2.45, 2.75) is 37.1 Å². The van der Waals surface area contributed by atoms with Crippen molar-refractivity contribution < 1.29 is 19.4 Å². The minimum absolute atomic E-state index is 0.104. The first-order chi connectivity index (χ1) is 11.6. The van der Waals surface area contributed by atoms with Crippen molar-refractivity contribution in [2.24, 2.45) is 5.16 Å². The molecule has 2 aliphatic rings. The first-order valence-corrected chi connectivity index (χ1v) is 8.36. The van der Waals surface area contributed by atoms with Crippen molar-refractivity contribution in [2.75, 3.05) is 34.6 Å². The summed E-state index contributed by atoms with van der Waals surface area (Å²) in [5.74, 6) is 1.54. The quantitative estimate of drug-likeness (QED) is 0.660. The van der Waals surface area contributed by atoms with Crippen molar-refractivity contribution in [1.29, 1.82) is 0 Å². The van der Waals surface area contributed by atoms with Crippen molar-refractivity contribution in [1.82, 2.24) is 4.90 Å². The third kappa shape index (κ3) is 2.84. The van der Waals surface area contributed by atoms with Gasteiger partial charge in [-0.05, 0) is 50.6 Å². The summed E-state index contributed by atoms with van der Waals surface area (Å²) in [6.45, 7) is 0.692. The Labute approximate surface area is 143 Å². The summed E-state index contributed by atoms with van der Waals surface area (Å²) in [6, 6.07) is 6.67. The third-order valence-electron chi connectivity index (χ3n) is 5.58. The smallest absolute Gasteiger partial charge is 0.214 e. The highest BCUT2D eigenvalue weighted by molar-refractivity contribution is 5.86. The first-order valence-electron chi connectivity index (χ1n) is 8.36. The summed E-state index contributed by atoms with van der Waals surface area (Å²) in [5, 5.41) is 12.9. The van der Waals surface area contributed by atoms with Gasteiger partial charge in [0.05, 0.1) is 19.9 Å². The second-order valence-corrected chi connectivity index (χ2v) is 6.59. The zero-order valence-corrected chi connectivity index (χ0v) is 14.6. The highest BCUT2D eigenvalue weighted by Gasteiger charge is 2.50. The Kier molecular flexibility index (Phi) is 4.96. The second-order valence-electron chi connectivity index (χ2n) is 6.59. The summed E-state index contributed by atoms with van der Waals surface area (Å²) >= 11 is 0. The summed E-state index contributed by atoms with van der Waals surface area (Å²) in [7, 11) is 5.50. The number of aliphatic hydroxyl groups is 1. The maximum Gasteiger partial charge on any atom is 0.214 e. The Morgan fingerprint density at radius 2 is 2.04 bits per heavy atom. The highest BCUT2D eigenvalue weighted by atomic mass is 16.7. The molecule has 0 amide bonds. The predicted octanol–water partition coefficient (Wildman–Crippen LogP) is 2.15. The minimum Gasteiger partial charge on any atom is -0.493 e. The minimum atomic E-state index is -0.370. The molecule has 1 N–H and O–H groups in total. The Morgan fingerprint density at radius 3 is 2.75 bits per heavy atom. The Morgan fingerprint density at radius 1 is 1.25 bits per heavy atom. The molecule has 1 heterocycles. The maximum atomic E-state index is 8.81. The average Bonchev–Trinajstić information content (AvgIpc) is 2.97. The fourth-order valence-electron chi connectivity index (χ4n) is 4.29. The molecule has 132 valence electrons. The molecular weight excluding hydrogens is 308 g/mol. The number of hydrogen-bond donors (Lipinski definition) is 1. The highest BCUT2D eigenvalue weighted by Crippen LogP contribution is 2.49. The molecule has 1 saturated carbocycles. The number of fused-ring (bicyclic) bond motifs is 1. The lowest BCUT2D eigenvalue weighted by molar-refractivity contribution is 0.000546. The van der Waals surface area contributed by atoms with Crippen molar-refractivity contribution in [3.8, 4) is 11.5 Å². The number of hydrogen-bond acceptors (Lipinski definition) is 6. The number of benzene rings is 1. The van der Waals surface area contributed by atoms with Gasteiger partial charge in [-0.15, -0.1) is 0 Å². The van der Waals surface area contributed by atoms with Crippen molar-refractivity contribution in [3.63, 3.8) is 0 Å². The van der Waals surface area contributed by atoms with E-state index >= 15 is 0 Å². The van der Waals surface area contributed by atoms with E-state index in [0.29, 0.717) is 6.04 Å². The average molecular weight is 334 g/mol. The van der Waals surface area contributed by atoms with Crippen LogP contribution in [-0.4, -0.2) is 56.4 Å². The summed E-state index contributed by atoms with van der Waals surface area (Å²) in [4.78, 5) is 7.26. The van der Waals surface area contributed by atoms with Gasteiger partial charge in [0, 0.05) is 17.9 Å². The van der Waals surface area contributed by atoms with E-state index in [-0.39, 0.29) is 12.2 Å². The Hall–Kier alpha value is -1.79. The standard InChI is InChI=1S/C18H26N2O4/c1-20-9-8-18(7-6-14(11-17(18)20)19-24-12-21)13-4-5-15(22-2)16(10-13)23-3/h4-5,10,17,21H,6-9,11-12H2,1-3H3. The van der Waals surface area contributed by atoms with Crippen LogP contribution in [-0.2, 0) is 10.3 Å². The van der Waals surface area contributed by atoms with E-state index in [4.69, 9.17) is 19.4 Å². The van der Waals surface area contributed by atoms with Crippen LogP contribution in [0.1, 0.15) is 31.2 Å². The van der Waals surface area contributed by atoms with Gasteiger partial charge >= 0.3 is 0 Å². The first kappa shape index (κ1) is 17.0.